The van der Waals surface area contributed by atoms with Crippen molar-refractivity contribution in [1.82, 2.24) is 0 Å². The van der Waals surface area contributed by atoms with Crippen LogP contribution in [0.15, 0.2) is 11.6 Å². The molecule has 0 aromatic carbocycles. The molecule has 0 N–H and O–H groups in total. The maximum atomic E-state index is 12.9. The third-order valence-electron chi connectivity index (χ3n) is 10.1. The monoisotopic (exact) mass is 646 g/mol. The van der Waals surface area contributed by atoms with E-state index in [0.717, 1.165) is 69.8 Å². The van der Waals surface area contributed by atoms with Crippen LogP contribution in [0.3, 0.4) is 0 Å². The maximum Gasteiger partial charge on any atom is 0.334 e. The molecule has 7 nitrogen and oxygen atoms in total. The Hall–Kier alpha value is -1.73. The van der Waals surface area contributed by atoms with Gasteiger partial charge in [0.1, 0.15) is 18.3 Å². The van der Waals surface area contributed by atoms with E-state index in [0.29, 0.717) is 6.42 Å². The fourth-order valence-corrected chi connectivity index (χ4v) is 7.43. The van der Waals surface area contributed by atoms with Crippen molar-refractivity contribution in [3.63, 3.8) is 0 Å². The summed E-state index contributed by atoms with van der Waals surface area (Å²) < 4.78 is 23.6. The van der Waals surface area contributed by atoms with E-state index in [1.807, 2.05) is 13.0 Å². The first-order valence-corrected chi connectivity index (χ1v) is 19.3. The second-order valence-corrected chi connectivity index (χ2v) is 14.2. The lowest BCUT2D eigenvalue weighted by Gasteiger charge is -2.25. The number of hydrogen-bond acceptors (Lipinski definition) is 7. The average molecular weight is 647 g/mol. The van der Waals surface area contributed by atoms with Crippen LogP contribution >= 0.6 is 0 Å². The summed E-state index contributed by atoms with van der Waals surface area (Å²) in [5.41, 5.74) is 0.858. The maximum absolute atomic E-state index is 12.9. The molecule has 3 rings (SSSR count). The minimum Gasteiger partial charge on any atom is -0.460 e. The van der Waals surface area contributed by atoms with Crippen molar-refractivity contribution < 1.29 is 33.3 Å². The van der Waals surface area contributed by atoms with Crippen molar-refractivity contribution in [2.45, 2.75) is 218 Å². The Morgan fingerprint density at radius 1 is 0.761 bits per heavy atom. The van der Waals surface area contributed by atoms with Gasteiger partial charge in [0.25, 0.3) is 0 Å². The number of Topliss-reactive ketones (excluding diaryl/α,β-unsaturated/α-hetero) is 1. The Kier molecular flexibility index (Phi) is 19.2. The third-order valence-corrected chi connectivity index (χ3v) is 10.1. The lowest BCUT2D eigenvalue weighted by Crippen LogP contribution is -2.34. The van der Waals surface area contributed by atoms with Crippen LogP contribution < -0.4 is 0 Å². The number of hydrogen-bond donors (Lipinski definition) is 0. The molecular formula is C39H66O7. The van der Waals surface area contributed by atoms with Crippen LogP contribution in [0.1, 0.15) is 181 Å². The first kappa shape index (κ1) is 38.7. The molecule has 264 valence electrons. The predicted molar refractivity (Wildman–Crippen MR) is 183 cm³/mol. The van der Waals surface area contributed by atoms with E-state index < -0.39 is 0 Å². The SMILES string of the molecule is CCCCCCCCCCC(OC(C)=O)C1CCC(C2CCC(C(=O)CCCCCCCCCCCCC3=CC(C)OC3=O)O2)O1. The van der Waals surface area contributed by atoms with Crippen LogP contribution in [0.25, 0.3) is 0 Å². The molecular weight excluding hydrogens is 580 g/mol. The summed E-state index contributed by atoms with van der Waals surface area (Å²) in [6.07, 6.45) is 28.9. The summed E-state index contributed by atoms with van der Waals surface area (Å²) >= 11 is 0. The second kappa shape index (κ2) is 22.8. The van der Waals surface area contributed by atoms with Crippen molar-refractivity contribution in [3.8, 4) is 0 Å². The second-order valence-electron chi connectivity index (χ2n) is 14.2. The zero-order chi connectivity index (χ0) is 33.0. The number of rotatable bonds is 26. The van der Waals surface area contributed by atoms with Crippen molar-refractivity contribution in [3.05, 3.63) is 11.6 Å². The standard InChI is InChI=1S/C39H66O7/c1-4-5-6-7-8-15-18-21-24-35(44-31(3)40)36-27-28-38(46-36)37-26-25-34(45-37)33(41)23-20-17-14-12-10-9-11-13-16-19-22-32-29-30(2)43-39(32)42/h29-30,34-38H,4-28H2,1-3H3. The summed E-state index contributed by atoms with van der Waals surface area (Å²) in [5, 5.41) is 0. The molecule has 0 amide bonds. The molecule has 3 aliphatic rings. The van der Waals surface area contributed by atoms with Gasteiger partial charge in [0.15, 0.2) is 5.78 Å². The van der Waals surface area contributed by atoms with Crippen LogP contribution in [-0.4, -0.2) is 54.3 Å². The molecule has 3 aliphatic heterocycles. The molecule has 0 saturated carbocycles. The van der Waals surface area contributed by atoms with Gasteiger partial charge in [-0.2, -0.15) is 0 Å². The Labute approximate surface area is 280 Å². The summed E-state index contributed by atoms with van der Waals surface area (Å²) in [5.74, 6) is -0.109. The van der Waals surface area contributed by atoms with Crippen LogP contribution in [0.4, 0.5) is 0 Å². The van der Waals surface area contributed by atoms with Crippen LogP contribution in [0.2, 0.25) is 0 Å². The highest BCUT2D eigenvalue weighted by atomic mass is 16.6. The highest BCUT2D eigenvalue weighted by Gasteiger charge is 2.41. The predicted octanol–water partition coefficient (Wildman–Crippen LogP) is 9.67. The van der Waals surface area contributed by atoms with E-state index in [2.05, 4.69) is 6.92 Å². The first-order chi connectivity index (χ1) is 22.4. The summed E-state index contributed by atoms with van der Waals surface area (Å²) in [7, 11) is 0. The smallest absolute Gasteiger partial charge is 0.334 e. The number of esters is 2. The minimum atomic E-state index is -0.284. The van der Waals surface area contributed by atoms with Crippen molar-refractivity contribution >= 4 is 17.7 Å². The molecule has 0 radical (unpaired) electrons. The average Bonchev–Trinajstić information content (AvgIpc) is 3.78. The minimum absolute atomic E-state index is 0.00765. The largest absolute Gasteiger partial charge is 0.460 e. The van der Waals surface area contributed by atoms with Gasteiger partial charge in [0, 0.05) is 18.9 Å². The Morgan fingerprint density at radius 3 is 1.93 bits per heavy atom. The summed E-state index contributed by atoms with van der Waals surface area (Å²) in [6, 6.07) is 0. The molecule has 2 saturated heterocycles. The van der Waals surface area contributed by atoms with E-state index in [1.165, 1.54) is 96.8 Å². The molecule has 7 heteroatoms. The summed E-state index contributed by atoms with van der Waals surface area (Å²) in [6.45, 7) is 5.65. The molecule has 3 heterocycles. The van der Waals surface area contributed by atoms with E-state index in [1.54, 1.807) is 0 Å². The van der Waals surface area contributed by atoms with Crippen molar-refractivity contribution in [1.29, 1.82) is 0 Å². The molecule has 0 aliphatic carbocycles. The number of ketones is 1. The molecule has 0 aromatic rings. The van der Waals surface area contributed by atoms with Gasteiger partial charge >= 0.3 is 11.9 Å². The van der Waals surface area contributed by atoms with Gasteiger partial charge in [-0.05, 0) is 70.8 Å². The van der Waals surface area contributed by atoms with Gasteiger partial charge in [-0.25, -0.2) is 4.79 Å². The van der Waals surface area contributed by atoms with Crippen LogP contribution in [0.5, 0.6) is 0 Å². The van der Waals surface area contributed by atoms with Crippen molar-refractivity contribution in [2.75, 3.05) is 0 Å². The highest BCUT2D eigenvalue weighted by molar-refractivity contribution is 5.90. The quantitative estimate of drug-likeness (QED) is 0.0683. The molecule has 2 fully saturated rings. The fourth-order valence-electron chi connectivity index (χ4n) is 7.43. The Morgan fingerprint density at radius 2 is 1.33 bits per heavy atom. The normalized spacial score (nSPS) is 25.1. The van der Waals surface area contributed by atoms with Crippen LogP contribution in [0, 0.1) is 0 Å². The molecule has 0 bridgehead atoms. The number of cyclic esters (lactones) is 1. The Balaban J connectivity index is 1.18. The van der Waals surface area contributed by atoms with E-state index >= 15 is 0 Å². The van der Waals surface area contributed by atoms with Gasteiger partial charge in [-0.3, -0.25) is 9.59 Å². The zero-order valence-corrected chi connectivity index (χ0v) is 29.6. The first-order valence-electron chi connectivity index (χ1n) is 19.3. The zero-order valence-electron chi connectivity index (χ0n) is 29.6. The van der Waals surface area contributed by atoms with Gasteiger partial charge < -0.3 is 18.9 Å². The molecule has 6 atom stereocenters. The third kappa shape index (κ3) is 15.0. The van der Waals surface area contributed by atoms with E-state index in [-0.39, 0.29) is 54.3 Å². The molecule has 0 aromatic heterocycles. The molecule has 0 spiro atoms. The highest BCUT2D eigenvalue weighted by Crippen LogP contribution is 2.34. The number of unbranched alkanes of at least 4 members (excludes halogenated alkanes) is 16. The van der Waals surface area contributed by atoms with E-state index in [4.69, 9.17) is 18.9 Å². The van der Waals surface area contributed by atoms with Crippen LogP contribution in [-0.2, 0) is 33.3 Å². The Bertz CT molecular complexity index is 914. The van der Waals surface area contributed by atoms with Gasteiger partial charge in [-0.15, -0.1) is 0 Å². The number of carbonyl (C=O) groups is 3. The van der Waals surface area contributed by atoms with Gasteiger partial charge in [0.2, 0.25) is 0 Å². The molecule has 46 heavy (non-hydrogen) atoms. The van der Waals surface area contributed by atoms with Gasteiger partial charge in [-0.1, -0.05) is 103 Å². The number of carbonyl (C=O) groups excluding carboxylic acids is 3. The van der Waals surface area contributed by atoms with Crippen molar-refractivity contribution in [2.24, 2.45) is 0 Å². The van der Waals surface area contributed by atoms with E-state index in [9.17, 15) is 14.4 Å². The molecule has 6 unspecified atom stereocenters. The summed E-state index contributed by atoms with van der Waals surface area (Å²) in [4.78, 5) is 36.3. The lowest BCUT2D eigenvalue weighted by molar-refractivity contribution is -0.158. The fraction of sp³-hybridized carbons (Fsp3) is 0.872. The lowest BCUT2D eigenvalue weighted by atomic mass is 10.0. The topological polar surface area (TPSA) is 88.1 Å². The van der Waals surface area contributed by atoms with Gasteiger partial charge in [0.05, 0.1) is 18.3 Å². The number of ether oxygens (including phenoxy) is 4.